The van der Waals surface area contributed by atoms with E-state index in [4.69, 9.17) is 4.74 Å². The van der Waals surface area contributed by atoms with Gasteiger partial charge >= 0.3 is 5.97 Å². The average molecular weight is 218 g/mol. The Hall–Kier alpha value is -1.51. The van der Waals surface area contributed by atoms with Crippen LogP contribution in [0.4, 0.5) is 0 Å². The third-order valence-electron chi connectivity index (χ3n) is 3.67. The molecule has 3 nitrogen and oxygen atoms in total. The average Bonchev–Trinajstić information content (AvgIpc) is 2.85. The number of hydrogen-bond donors (Lipinski definition) is 1. The fourth-order valence-electron chi connectivity index (χ4n) is 2.94. The van der Waals surface area contributed by atoms with Crippen molar-refractivity contribution < 1.29 is 14.6 Å². The van der Waals surface area contributed by atoms with Crippen LogP contribution in [0, 0.1) is 11.8 Å². The summed E-state index contributed by atoms with van der Waals surface area (Å²) in [6.45, 7) is 2.28. The number of carbonyl (C=O) groups is 1. The zero-order valence-corrected chi connectivity index (χ0v) is 9.14. The maximum Gasteiger partial charge on any atom is 0.309 e. The summed E-state index contributed by atoms with van der Waals surface area (Å²) < 4.78 is 5.05. The van der Waals surface area contributed by atoms with Crippen molar-refractivity contribution >= 4 is 5.97 Å². The Balaban J connectivity index is 1.84. The van der Waals surface area contributed by atoms with Gasteiger partial charge in [0.1, 0.15) is 5.75 Å². The first-order valence-corrected chi connectivity index (χ1v) is 5.70. The van der Waals surface area contributed by atoms with Crippen LogP contribution in [-0.2, 0) is 16.0 Å². The maximum atomic E-state index is 11.6. The van der Waals surface area contributed by atoms with Gasteiger partial charge in [-0.1, -0.05) is 6.07 Å². The zero-order valence-electron chi connectivity index (χ0n) is 9.14. The van der Waals surface area contributed by atoms with Gasteiger partial charge in [0.25, 0.3) is 0 Å². The van der Waals surface area contributed by atoms with Gasteiger partial charge in [-0.3, -0.25) is 4.79 Å². The lowest BCUT2D eigenvalue weighted by Crippen LogP contribution is -2.10. The third-order valence-corrected chi connectivity index (χ3v) is 3.67. The molecule has 0 spiro atoms. The highest BCUT2D eigenvalue weighted by Gasteiger charge is 2.60. The van der Waals surface area contributed by atoms with Gasteiger partial charge in [0, 0.05) is 5.92 Å². The molecule has 0 amide bonds. The minimum absolute atomic E-state index is 0.0363. The molecule has 2 aliphatic carbocycles. The number of aromatic hydroxyl groups is 1. The predicted octanol–water partition coefficient (Wildman–Crippen LogP) is 1.84. The third kappa shape index (κ3) is 1.24. The van der Waals surface area contributed by atoms with Crippen molar-refractivity contribution in [1.82, 2.24) is 0 Å². The maximum absolute atomic E-state index is 11.6. The summed E-state index contributed by atoms with van der Waals surface area (Å²) in [6, 6.07) is 5.46. The van der Waals surface area contributed by atoms with Crippen LogP contribution < -0.4 is 0 Å². The minimum Gasteiger partial charge on any atom is -0.508 e. The van der Waals surface area contributed by atoms with Crippen LogP contribution in [0.15, 0.2) is 18.2 Å². The van der Waals surface area contributed by atoms with E-state index in [1.54, 1.807) is 12.1 Å². The molecule has 3 rings (SSSR count). The van der Waals surface area contributed by atoms with Crippen molar-refractivity contribution in [3.05, 3.63) is 29.3 Å². The van der Waals surface area contributed by atoms with Crippen LogP contribution in [0.3, 0.4) is 0 Å². The molecule has 0 radical (unpaired) electrons. The molecule has 84 valence electrons. The lowest BCUT2D eigenvalue weighted by molar-refractivity contribution is -0.145. The van der Waals surface area contributed by atoms with E-state index in [0.717, 1.165) is 12.0 Å². The SMILES string of the molecule is CCOC(=O)C1C2Cc3ccc(O)cc3C21. The highest BCUT2D eigenvalue weighted by molar-refractivity contribution is 5.79. The molecule has 0 aromatic heterocycles. The summed E-state index contributed by atoms with van der Waals surface area (Å²) in [7, 11) is 0. The summed E-state index contributed by atoms with van der Waals surface area (Å²) in [5, 5.41) is 9.44. The molecule has 1 saturated carbocycles. The van der Waals surface area contributed by atoms with E-state index in [2.05, 4.69) is 0 Å². The molecule has 0 aliphatic heterocycles. The van der Waals surface area contributed by atoms with Gasteiger partial charge in [0.2, 0.25) is 0 Å². The number of ether oxygens (including phenoxy) is 1. The van der Waals surface area contributed by atoms with E-state index in [1.807, 2.05) is 13.0 Å². The molecular formula is C13H14O3. The summed E-state index contributed by atoms with van der Waals surface area (Å²) in [6.07, 6.45) is 0.948. The van der Waals surface area contributed by atoms with Crippen LogP contribution >= 0.6 is 0 Å². The Morgan fingerprint density at radius 1 is 1.56 bits per heavy atom. The Morgan fingerprint density at radius 2 is 2.38 bits per heavy atom. The number of rotatable bonds is 2. The first kappa shape index (κ1) is 9.70. The Labute approximate surface area is 94.0 Å². The van der Waals surface area contributed by atoms with Crippen molar-refractivity contribution in [2.75, 3.05) is 6.61 Å². The lowest BCUT2D eigenvalue weighted by Gasteiger charge is -2.07. The number of carbonyl (C=O) groups excluding carboxylic acids is 1. The molecule has 3 heteroatoms. The second-order valence-corrected chi connectivity index (χ2v) is 4.55. The van der Waals surface area contributed by atoms with Gasteiger partial charge in [-0.05, 0) is 42.5 Å². The molecule has 2 aliphatic rings. The van der Waals surface area contributed by atoms with E-state index in [-0.39, 0.29) is 17.6 Å². The Kier molecular flexibility index (Phi) is 1.96. The highest BCUT2D eigenvalue weighted by Crippen LogP contribution is 2.62. The van der Waals surface area contributed by atoms with Gasteiger partial charge in [0.15, 0.2) is 0 Å². The van der Waals surface area contributed by atoms with Crippen molar-refractivity contribution in [2.24, 2.45) is 11.8 Å². The van der Waals surface area contributed by atoms with Gasteiger partial charge in [-0.15, -0.1) is 0 Å². The number of hydrogen-bond acceptors (Lipinski definition) is 3. The first-order valence-electron chi connectivity index (χ1n) is 5.70. The number of esters is 1. The summed E-state index contributed by atoms with van der Waals surface area (Å²) >= 11 is 0. The van der Waals surface area contributed by atoms with Crippen molar-refractivity contribution in [2.45, 2.75) is 19.3 Å². The highest BCUT2D eigenvalue weighted by atomic mass is 16.5. The molecule has 0 bridgehead atoms. The van der Waals surface area contributed by atoms with E-state index in [0.29, 0.717) is 18.4 Å². The van der Waals surface area contributed by atoms with Crippen LogP contribution in [-0.4, -0.2) is 17.7 Å². The molecule has 1 aromatic rings. The predicted molar refractivity (Wildman–Crippen MR) is 58.2 cm³/mol. The van der Waals surface area contributed by atoms with Gasteiger partial charge in [-0.2, -0.15) is 0 Å². The molecule has 3 atom stereocenters. The molecule has 16 heavy (non-hydrogen) atoms. The second-order valence-electron chi connectivity index (χ2n) is 4.55. The van der Waals surface area contributed by atoms with Gasteiger partial charge in [0.05, 0.1) is 12.5 Å². The van der Waals surface area contributed by atoms with Crippen LogP contribution in [0.2, 0.25) is 0 Å². The zero-order chi connectivity index (χ0) is 11.3. The summed E-state index contributed by atoms with van der Waals surface area (Å²) in [4.78, 5) is 11.6. The fraction of sp³-hybridized carbons (Fsp3) is 0.462. The standard InChI is InChI=1S/C13H14O3/c1-2-16-13(15)12-10-5-7-3-4-8(14)6-9(7)11(10)12/h3-4,6,10-12,14H,2,5H2,1H3. The van der Waals surface area contributed by atoms with Crippen LogP contribution in [0.1, 0.15) is 24.0 Å². The molecular weight excluding hydrogens is 204 g/mol. The number of phenolic OH excluding ortho intramolecular Hbond substituents is 1. The smallest absolute Gasteiger partial charge is 0.309 e. The van der Waals surface area contributed by atoms with Gasteiger partial charge in [-0.25, -0.2) is 0 Å². The van der Waals surface area contributed by atoms with E-state index in [9.17, 15) is 9.90 Å². The lowest BCUT2D eigenvalue weighted by atomic mass is 10.0. The molecule has 0 heterocycles. The van der Waals surface area contributed by atoms with Gasteiger partial charge < -0.3 is 9.84 Å². The topological polar surface area (TPSA) is 46.5 Å². The Morgan fingerprint density at radius 3 is 3.12 bits per heavy atom. The largest absolute Gasteiger partial charge is 0.508 e. The molecule has 1 N–H and O–H groups in total. The normalized spacial score (nSPS) is 29.4. The number of benzene rings is 1. The minimum atomic E-state index is -0.0773. The van der Waals surface area contributed by atoms with Crippen LogP contribution in [0.5, 0.6) is 5.75 Å². The van der Waals surface area contributed by atoms with Crippen molar-refractivity contribution in [3.8, 4) is 5.75 Å². The molecule has 1 aromatic carbocycles. The van der Waals surface area contributed by atoms with E-state index < -0.39 is 0 Å². The Bertz CT molecular complexity index is 452. The van der Waals surface area contributed by atoms with Crippen molar-refractivity contribution in [3.63, 3.8) is 0 Å². The molecule has 0 saturated heterocycles. The van der Waals surface area contributed by atoms with Crippen molar-refractivity contribution in [1.29, 1.82) is 0 Å². The quantitative estimate of drug-likeness (QED) is 0.770. The first-order chi connectivity index (χ1) is 7.72. The van der Waals surface area contributed by atoms with Crippen LogP contribution in [0.25, 0.3) is 0 Å². The second kappa shape index (κ2) is 3.24. The molecule has 3 unspecified atom stereocenters. The fourth-order valence-corrected chi connectivity index (χ4v) is 2.94. The van der Waals surface area contributed by atoms with E-state index in [1.165, 1.54) is 5.56 Å². The van der Waals surface area contributed by atoms with E-state index >= 15 is 0 Å². The monoisotopic (exact) mass is 218 g/mol. The molecule has 1 fully saturated rings. The summed E-state index contributed by atoms with van der Waals surface area (Å²) in [5.74, 6) is 0.951. The number of phenols is 1. The number of fused-ring (bicyclic) bond motifs is 3. The summed E-state index contributed by atoms with van der Waals surface area (Å²) in [5.41, 5.74) is 2.41.